The summed E-state index contributed by atoms with van der Waals surface area (Å²) in [5.74, 6) is 1.27. The van der Waals surface area contributed by atoms with Crippen molar-refractivity contribution < 1.29 is 4.79 Å². The Morgan fingerprint density at radius 2 is 1.97 bits per heavy atom. The SMILES string of the molecule is Cc1ccc(-n2nccn2)c(C(=O)N2CCC[C@@H](C)C2CNc2cccc(C)n2)c1. The number of hydrogen-bond acceptors (Lipinski definition) is 5. The predicted molar refractivity (Wildman–Crippen MR) is 117 cm³/mol. The second-order valence-corrected chi connectivity index (χ2v) is 8.07. The lowest BCUT2D eigenvalue weighted by Gasteiger charge is -2.40. The molecule has 1 aromatic carbocycles. The third-order valence-electron chi connectivity index (χ3n) is 5.77. The Morgan fingerprint density at radius 3 is 2.73 bits per heavy atom. The molecule has 2 atom stereocenters. The van der Waals surface area contributed by atoms with Crippen LogP contribution in [0.1, 0.15) is 41.4 Å². The van der Waals surface area contributed by atoms with Gasteiger partial charge in [-0.15, -0.1) is 0 Å². The van der Waals surface area contributed by atoms with Crippen LogP contribution < -0.4 is 5.32 Å². The number of carbonyl (C=O) groups is 1. The van der Waals surface area contributed by atoms with Crippen molar-refractivity contribution in [3.05, 3.63) is 65.6 Å². The van der Waals surface area contributed by atoms with Gasteiger partial charge in [-0.1, -0.05) is 24.6 Å². The number of rotatable bonds is 5. The fourth-order valence-corrected chi connectivity index (χ4v) is 4.15. The number of hydrogen-bond donors (Lipinski definition) is 1. The van der Waals surface area contributed by atoms with E-state index in [2.05, 4.69) is 27.4 Å². The van der Waals surface area contributed by atoms with Crippen molar-refractivity contribution in [1.29, 1.82) is 0 Å². The summed E-state index contributed by atoms with van der Waals surface area (Å²) >= 11 is 0. The summed E-state index contributed by atoms with van der Waals surface area (Å²) in [7, 11) is 0. The van der Waals surface area contributed by atoms with Crippen molar-refractivity contribution >= 4 is 11.7 Å². The van der Waals surface area contributed by atoms with Crippen molar-refractivity contribution in [3.63, 3.8) is 0 Å². The van der Waals surface area contributed by atoms with E-state index in [0.29, 0.717) is 23.7 Å². The van der Waals surface area contributed by atoms with E-state index in [0.717, 1.165) is 36.5 Å². The number of benzene rings is 1. The van der Waals surface area contributed by atoms with Crippen LogP contribution in [-0.2, 0) is 0 Å². The van der Waals surface area contributed by atoms with Gasteiger partial charge in [0.1, 0.15) is 5.82 Å². The van der Waals surface area contributed by atoms with Crippen LogP contribution in [0.15, 0.2) is 48.8 Å². The Bertz CT molecular complexity index is 1020. The van der Waals surface area contributed by atoms with Crippen molar-refractivity contribution in [2.24, 2.45) is 5.92 Å². The molecule has 7 heteroatoms. The Hall–Kier alpha value is -3.22. The molecule has 1 saturated heterocycles. The molecule has 1 fully saturated rings. The van der Waals surface area contributed by atoms with E-state index in [1.54, 1.807) is 12.4 Å². The lowest BCUT2D eigenvalue weighted by Crippen LogP contribution is -2.51. The van der Waals surface area contributed by atoms with Gasteiger partial charge in [-0.3, -0.25) is 4.79 Å². The first-order valence-electron chi connectivity index (χ1n) is 10.5. The molecule has 1 unspecified atom stereocenters. The van der Waals surface area contributed by atoms with E-state index in [1.807, 2.05) is 55.1 Å². The number of aromatic nitrogens is 4. The zero-order valence-corrected chi connectivity index (χ0v) is 17.7. The van der Waals surface area contributed by atoms with Crippen LogP contribution in [0, 0.1) is 19.8 Å². The summed E-state index contributed by atoms with van der Waals surface area (Å²) in [5, 5.41) is 11.9. The zero-order valence-electron chi connectivity index (χ0n) is 17.7. The van der Waals surface area contributed by atoms with Crippen molar-refractivity contribution in [2.45, 2.75) is 39.7 Å². The maximum atomic E-state index is 13.7. The smallest absolute Gasteiger partial charge is 0.256 e. The second-order valence-electron chi connectivity index (χ2n) is 8.07. The van der Waals surface area contributed by atoms with Crippen LogP contribution in [0.4, 0.5) is 5.82 Å². The summed E-state index contributed by atoms with van der Waals surface area (Å²) in [6.45, 7) is 7.62. The summed E-state index contributed by atoms with van der Waals surface area (Å²) < 4.78 is 0. The van der Waals surface area contributed by atoms with Crippen molar-refractivity contribution in [2.75, 3.05) is 18.4 Å². The van der Waals surface area contributed by atoms with Gasteiger partial charge in [0, 0.05) is 18.8 Å². The fraction of sp³-hybridized carbons (Fsp3) is 0.391. The molecule has 0 bridgehead atoms. The Labute approximate surface area is 177 Å². The largest absolute Gasteiger partial charge is 0.368 e. The highest BCUT2D eigenvalue weighted by atomic mass is 16.2. The highest BCUT2D eigenvalue weighted by Crippen LogP contribution is 2.27. The number of aryl methyl sites for hydroxylation is 2. The first kappa shape index (κ1) is 20.1. The summed E-state index contributed by atoms with van der Waals surface area (Å²) in [6.07, 6.45) is 5.36. The number of amides is 1. The molecule has 3 aromatic rings. The molecule has 0 saturated carbocycles. The van der Waals surface area contributed by atoms with Crippen LogP contribution >= 0.6 is 0 Å². The molecule has 7 nitrogen and oxygen atoms in total. The summed E-state index contributed by atoms with van der Waals surface area (Å²) in [5.41, 5.74) is 3.36. The van der Waals surface area contributed by atoms with E-state index < -0.39 is 0 Å². The van der Waals surface area contributed by atoms with Crippen LogP contribution in [0.2, 0.25) is 0 Å². The number of carbonyl (C=O) groups excluding carboxylic acids is 1. The molecular weight excluding hydrogens is 376 g/mol. The first-order valence-corrected chi connectivity index (χ1v) is 10.5. The van der Waals surface area contributed by atoms with Gasteiger partial charge < -0.3 is 10.2 Å². The Morgan fingerprint density at radius 1 is 1.17 bits per heavy atom. The maximum absolute atomic E-state index is 13.7. The molecule has 1 amide bonds. The zero-order chi connectivity index (χ0) is 21.1. The van der Waals surface area contributed by atoms with Crippen LogP contribution in [0.5, 0.6) is 0 Å². The van der Waals surface area contributed by atoms with E-state index >= 15 is 0 Å². The summed E-state index contributed by atoms with van der Waals surface area (Å²) in [6, 6.07) is 11.9. The highest BCUT2D eigenvalue weighted by molar-refractivity contribution is 5.98. The number of nitrogens with zero attached hydrogens (tertiary/aromatic N) is 5. The minimum absolute atomic E-state index is 0.0292. The van der Waals surface area contributed by atoms with Gasteiger partial charge in [-0.2, -0.15) is 15.0 Å². The topological polar surface area (TPSA) is 75.9 Å². The van der Waals surface area contributed by atoms with Crippen LogP contribution in [0.3, 0.4) is 0 Å². The Kier molecular flexibility index (Phi) is 5.79. The van der Waals surface area contributed by atoms with Gasteiger partial charge in [0.2, 0.25) is 0 Å². The van der Waals surface area contributed by atoms with Gasteiger partial charge in [-0.25, -0.2) is 4.98 Å². The monoisotopic (exact) mass is 404 g/mol. The molecule has 0 spiro atoms. The van der Waals surface area contributed by atoms with Crippen LogP contribution in [-0.4, -0.2) is 49.9 Å². The number of likely N-dealkylation sites (tertiary alicyclic amines) is 1. The molecule has 4 rings (SSSR count). The molecule has 156 valence electrons. The predicted octanol–water partition coefficient (Wildman–Crippen LogP) is 3.63. The highest BCUT2D eigenvalue weighted by Gasteiger charge is 2.33. The minimum atomic E-state index is 0.0292. The lowest BCUT2D eigenvalue weighted by molar-refractivity contribution is 0.0539. The molecule has 1 aliphatic rings. The van der Waals surface area contributed by atoms with E-state index in [1.165, 1.54) is 4.80 Å². The second kappa shape index (κ2) is 8.65. The quantitative estimate of drug-likeness (QED) is 0.703. The standard InChI is InChI=1S/C23H28N6O/c1-16-9-10-20(29-25-11-12-26-29)19(14-16)23(30)28-13-5-6-17(2)21(28)15-24-22-8-4-7-18(3)27-22/h4,7-12,14,17,21H,5-6,13,15H2,1-3H3,(H,24,27)/t17-,21?/m1/s1. The van der Waals surface area contributed by atoms with Gasteiger partial charge in [0.25, 0.3) is 5.91 Å². The molecule has 3 heterocycles. The molecule has 1 aliphatic heterocycles. The molecule has 30 heavy (non-hydrogen) atoms. The van der Waals surface area contributed by atoms with Gasteiger partial charge >= 0.3 is 0 Å². The fourth-order valence-electron chi connectivity index (χ4n) is 4.15. The lowest BCUT2D eigenvalue weighted by atomic mass is 9.89. The normalized spacial score (nSPS) is 19.0. The molecule has 0 radical (unpaired) electrons. The van der Waals surface area contributed by atoms with Gasteiger partial charge in [0.15, 0.2) is 0 Å². The number of anilines is 1. The number of pyridine rings is 1. The molecule has 1 N–H and O–H groups in total. The third-order valence-corrected chi connectivity index (χ3v) is 5.77. The first-order chi connectivity index (χ1) is 14.5. The number of nitrogens with one attached hydrogen (secondary N) is 1. The summed E-state index contributed by atoms with van der Waals surface area (Å²) in [4.78, 5) is 21.8. The van der Waals surface area contributed by atoms with Crippen LogP contribution in [0.25, 0.3) is 5.69 Å². The van der Waals surface area contributed by atoms with E-state index in [-0.39, 0.29) is 11.9 Å². The average Bonchev–Trinajstić information content (AvgIpc) is 3.27. The minimum Gasteiger partial charge on any atom is -0.368 e. The van der Waals surface area contributed by atoms with Crippen molar-refractivity contribution in [3.8, 4) is 5.69 Å². The van der Waals surface area contributed by atoms with E-state index in [4.69, 9.17) is 0 Å². The molecule has 2 aromatic heterocycles. The van der Waals surface area contributed by atoms with Gasteiger partial charge in [0.05, 0.1) is 29.7 Å². The van der Waals surface area contributed by atoms with Gasteiger partial charge in [-0.05, 0) is 56.9 Å². The molecular formula is C23H28N6O. The van der Waals surface area contributed by atoms with Crippen molar-refractivity contribution in [1.82, 2.24) is 24.9 Å². The third kappa shape index (κ3) is 4.20. The average molecular weight is 405 g/mol. The Balaban J connectivity index is 1.61. The maximum Gasteiger partial charge on any atom is 0.256 e. The van der Waals surface area contributed by atoms with E-state index in [9.17, 15) is 4.79 Å². The molecule has 0 aliphatic carbocycles. The number of piperidine rings is 1.